The van der Waals surface area contributed by atoms with E-state index < -0.39 is 0 Å². The lowest BCUT2D eigenvalue weighted by molar-refractivity contribution is 0.147. The van der Waals surface area contributed by atoms with Gasteiger partial charge in [-0.25, -0.2) is 9.37 Å². The summed E-state index contributed by atoms with van der Waals surface area (Å²) in [7, 11) is 0. The first-order valence-electron chi connectivity index (χ1n) is 7.20. The van der Waals surface area contributed by atoms with Gasteiger partial charge in [0.15, 0.2) is 0 Å². The van der Waals surface area contributed by atoms with E-state index in [1.807, 2.05) is 0 Å². The predicted molar refractivity (Wildman–Crippen MR) is 84.9 cm³/mol. The Balaban J connectivity index is 1.69. The number of rotatable bonds is 3. The fourth-order valence-electron chi connectivity index (χ4n) is 2.72. The van der Waals surface area contributed by atoms with Crippen LogP contribution in [0.2, 0.25) is 0 Å². The first kappa shape index (κ1) is 14.6. The Hall–Kier alpha value is -1.30. The number of hydrogen-bond donors (Lipinski definition) is 1. The lowest BCUT2D eigenvalue weighted by Gasteiger charge is -2.38. The van der Waals surface area contributed by atoms with E-state index in [0.29, 0.717) is 0 Å². The summed E-state index contributed by atoms with van der Waals surface area (Å²) in [5.74, 6) is -0.210. The first-order chi connectivity index (χ1) is 10.0. The first-order valence-corrected chi connectivity index (χ1v) is 8.08. The summed E-state index contributed by atoms with van der Waals surface area (Å²) in [6.07, 6.45) is 0. The molecule has 0 amide bonds. The highest BCUT2D eigenvalue weighted by atomic mass is 32.1. The summed E-state index contributed by atoms with van der Waals surface area (Å²) in [5, 5.41) is 6.58. The summed E-state index contributed by atoms with van der Waals surface area (Å²) in [5.41, 5.74) is 2.24. The predicted octanol–water partition coefficient (Wildman–Crippen LogP) is 3.13. The van der Waals surface area contributed by atoms with Crippen molar-refractivity contribution in [1.29, 1.82) is 0 Å². The highest BCUT2D eigenvalue weighted by molar-refractivity contribution is 7.13. The number of thiazole rings is 1. The van der Waals surface area contributed by atoms with Gasteiger partial charge in [-0.2, -0.15) is 0 Å². The number of aromatic nitrogens is 1. The van der Waals surface area contributed by atoms with Crippen LogP contribution >= 0.6 is 11.3 Å². The molecule has 0 aliphatic carbocycles. The monoisotopic (exact) mass is 305 g/mol. The van der Waals surface area contributed by atoms with Crippen LogP contribution in [-0.4, -0.2) is 35.1 Å². The summed E-state index contributed by atoms with van der Waals surface area (Å²) in [4.78, 5) is 7.12. The molecule has 1 fully saturated rings. The molecule has 2 aromatic rings. The minimum Gasteiger partial charge on any atom is -0.309 e. The van der Waals surface area contributed by atoms with Crippen LogP contribution in [0.3, 0.4) is 0 Å². The molecule has 5 heteroatoms. The number of benzene rings is 1. The van der Waals surface area contributed by atoms with Gasteiger partial charge in [0.2, 0.25) is 0 Å². The minimum absolute atomic E-state index is 0.161. The highest BCUT2D eigenvalue weighted by Gasteiger charge is 2.25. The van der Waals surface area contributed by atoms with Gasteiger partial charge in [0, 0.05) is 42.7 Å². The quantitative estimate of drug-likeness (QED) is 0.944. The third kappa shape index (κ3) is 3.67. The molecule has 3 nitrogen and oxygen atoms in total. The van der Waals surface area contributed by atoms with Crippen molar-refractivity contribution in [3.8, 4) is 10.6 Å². The largest absolute Gasteiger partial charge is 0.309 e. The molecular formula is C16H20FN3S. The van der Waals surface area contributed by atoms with E-state index in [4.69, 9.17) is 0 Å². The summed E-state index contributed by atoms with van der Waals surface area (Å²) >= 11 is 1.62. The van der Waals surface area contributed by atoms with Gasteiger partial charge in [-0.3, -0.25) is 4.90 Å². The highest BCUT2D eigenvalue weighted by Crippen LogP contribution is 2.25. The lowest BCUT2D eigenvalue weighted by atomic mass is 10.0. The second-order valence-electron chi connectivity index (χ2n) is 6.17. The molecule has 1 aromatic carbocycles. The number of hydrogen-bond acceptors (Lipinski definition) is 4. The van der Waals surface area contributed by atoms with Crippen LogP contribution in [0.4, 0.5) is 4.39 Å². The van der Waals surface area contributed by atoms with Crippen LogP contribution in [0.1, 0.15) is 19.5 Å². The normalized spacial score (nSPS) is 18.8. The molecule has 0 saturated carbocycles. The summed E-state index contributed by atoms with van der Waals surface area (Å²) in [6.45, 7) is 8.42. The topological polar surface area (TPSA) is 28.2 Å². The fourth-order valence-corrected chi connectivity index (χ4v) is 3.53. The van der Waals surface area contributed by atoms with Crippen molar-refractivity contribution in [3.05, 3.63) is 41.2 Å². The number of nitrogens with zero attached hydrogens (tertiary/aromatic N) is 2. The fraction of sp³-hybridized carbons (Fsp3) is 0.438. The van der Waals surface area contributed by atoms with Gasteiger partial charge >= 0.3 is 0 Å². The zero-order valence-electron chi connectivity index (χ0n) is 12.4. The van der Waals surface area contributed by atoms with E-state index >= 15 is 0 Å². The molecule has 112 valence electrons. The van der Waals surface area contributed by atoms with Crippen LogP contribution in [0, 0.1) is 5.82 Å². The minimum atomic E-state index is -0.210. The van der Waals surface area contributed by atoms with E-state index in [2.05, 4.69) is 34.4 Å². The van der Waals surface area contributed by atoms with Crippen LogP contribution in [0.25, 0.3) is 10.6 Å². The average molecular weight is 305 g/mol. The van der Waals surface area contributed by atoms with Crippen LogP contribution < -0.4 is 5.32 Å². The molecule has 0 spiro atoms. The molecule has 0 atom stereocenters. The molecule has 1 saturated heterocycles. The standard InChI is InChI=1S/C16H20FN3S/c1-16(2)11-20(8-7-18-16)9-14-10-21-15(19-14)12-3-5-13(17)6-4-12/h3-6,10,18H,7-9,11H2,1-2H3. The second kappa shape index (κ2) is 5.83. The molecule has 1 aliphatic rings. The van der Waals surface area contributed by atoms with Crippen molar-refractivity contribution in [1.82, 2.24) is 15.2 Å². The van der Waals surface area contributed by atoms with Crippen molar-refractivity contribution >= 4 is 11.3 Å². The third-order valence-electron chi connectivity index (χ3n) is 3.68. The van der Waals surface area contributed by atoms with E-state index in [0.717, 1.165) is 42.4 Å². The maximum atomic E-state index is 13.0. The Bertz CT molecular complexity index is 606. The number of piperazine rings is 1. The van der Waals surface area contributed by atoms with Crippen LogP contribution in [-0.2, 0) is 6.54 Å². The maximum absolute atomic E-state index is 13.0. The number of nitrogens with one attached hydrogen (secondary N) is 1. The van der Waals surface area contributed by atoms with Crippen molar-refractivity contribution in [3.63, 3.8) is 0 Å². The molecular weight excluding hydrogens is 285 g/mol. The zero-order chi connectivity index (χ0) is 14.9. The molecule has 3 rings (SSSR count). The molecule has 1 aliphatic heterocycles. The van der Waals surface area contributed by atoms with Crippen molar-refractivity contribution in [2.45, 2.75) is 25.9 Å². The van der Waals surface area contributed by atoms with Crippen molar-refractivity contribution in [2.24, 2.45) is 0 Å². The lowest BCUT2D eigenvalue weighted by Crippen LogP contribution is -2.56. The Morgan fingerprint density at radius 3 is 2.81 bits per heavy atom. The Morgan fingerprint density at radius 2 is 2.10 bits per heavy atom. The van der Waals surface area contributed by atoms with E-state index in [-0.39, 0.29) is 11.4 Å². The number of halogens is 1. The molecule has 0 unspecified atom stereocenters. The van der Waals surface area contributed by atoms with Gasteiger partial charge in [0.05, 0.1) is 5.69 Å². The van der Waals surface area contributed by atoms with Gasteiger partial charge in [0.25, 0.3) is 0 Å². The molecule has 0 bridgehead atoms. The molecule has 2 heterocycles. The summed E-state index contributed by atoms with van der Waals surface area (Å²) < 4.78 is 13.0. The Labute approximate surface area is 128 Å². The SMILES string of the molecule is CC1(C)CN(Cc2csc(-c3ccc(F)cc3)n2)CCN1. The molecule has 1 N–H and O–H groups in total. The van der Waals surface area contributed by atoms with Crippen LogP contribution in [0.5, 0.6) is 0 Å². The van der Waals surface area contributed by atoms with Gasteiger partial charge in [-0.1, -0.05) is 0 Å². The van der Waals surface area contributed by atoms with Gasteiger partial charge < -0.3 is 5.32 Å². The molecule has 21 heavy (non-hydrogen) atoms. The third-order valence-corrected chi connectivity index (χ3v) is 4.62. The maximum Gasteiger partial charge on any atom is 0.123 e. The Morgan fingerprint density at radius 1 is 1.33 bits per heavy atom. The zero-order valence-corrected chi connectivity index (χ0v) is 13.2. The van der Waals surface area contributed by atoms with E-state index in [1.54, 1.807) is 23.5 Å². The van der Waals surface area contributed by atoms with Crippen molar-refractivity contribution in [2.75, 3.05) is 19.6 Å². The molecule has 1 aromatic heterocycles. The Kier molecular flexibility index (Phi) is 4.06. The van der Waals surface area contributed by atoms with Crippen LogP contribution in [0.15, 0.2) is 29.6 Å². The van der Waals surface area contributed by atoms with Crippen molar-refractivity contribution < 1.29 is 4.39 Å². The average Bonchev–Trinajstić information content (AvgIpc) is 2.87. The smallest absolute Gasteiger partial charge is 0.123 e. The molecule has 0 radical (unpaired) electrons. The van der Waals surface area contributed by atoms with Gasteiger partial charge in [-0.05, 0) is 38.1 Å². The van der Waals surface area contributed by atoms with E-state index in [1.165, 1.54) is 12.1 Å². The van der Waals surface area contributed by atoms with E-state index in [9.17, 15) is 4.39 Å². The van der Waals surface area contributed by atoms with Gasteiger partial charge in [0.1, 0.15) is 10.8 Å². The van der Waals surface area contributed by atoms with Gasteiger partial charge in [-0.15, -0.1) is 11.3 Å². The summed E-state index contributed by atoms with van der Waals surface area (Å²) in [6, 6.07) is 6.53. The second-order valence-corrected chi connectivity index (χ2v) is 7.03.